The number of hydrogen-bond donors (Lipinski definition) is 2. The predicted molar refractivity (Wildman–Crippen MR) is 91.4 cm³/mol. The summed E-state index contributed by atoms with van der Waals surface area (Å²) in [5, 5.41) is 6.68. The molecule has 23 heavy (non-hydrogen) atoms. The normalized spacial score (nSPS) is 17.7. The number of rotatable bonds is 3. The number of aromatic nitrogens is 2. The van der Waals surface area contributed by atoms with Gasteiger partial charge in [-0.05, 0) is 44.0 Å². The third kappa shape index (κ3) is 3.68. The van der Waals surface area contributed by atoms with Gasteiger partial charge in [-0.25, -0.2) is 4.98 Å². The van der Waals surface area contributed by atoms with Crippen molar-refractivity contribution < 1.29 is 4.79 Å². The van der Waals surface area contributed by atoms with Gasteiger partial charge in [0.2, 0.25) is 5.91 Å². The number of amides is 1. The van der Waals surface area contributed by atoms with Gasteiger partial charge in [0.25, 0.3) is 0 Å². The highest BCUT2D eigenvalue weighted by Crippen LogP contribution is 2.31. The van der Waals surface area contributed by atoms with Gasteiger partial charge >= 0.3 is 0 Å². The van der Waals surface area contributed by atoms with Crippen LogP contribution in [0.15, 0.2) is 30.7 Å². The first kappa shape index (κ1) is 15.9. The molecule has 0 spiro atoms. The minimum Gasteiger partial charge on any atom is -0.316 e. The van der Waals surface area contributed by atoms with Gasteiger partial charge in [0.05, 0.1) is 10.9 Å². The lowest BCUT2D eigenvalue weighted by Gasteiger charge is -2.21. The fraction of sp³-hybridized carbons (Fsp3) is 0.353. The molecule has 2 aromatic heterocycles. The van der Waals surface area contributed by atoms with Crippen LogP contribution >= 0.6 is 11.6 Å². The lowest BCUT2D eigenvalue weighted by Crippen LogP contribution is -2.37. The van der Waals surface area contributed by atoms with Crippen molar-refractivity contribution in [3.63, 3.8) is 0 Å². The number of halogens is 1. The Kier molecular flexibility index (Phi) is 4.88. The smallest absolute Gasteiger partial charge is 0.229 e. The number of hydrogen-bond acceptors (Lipinski definition) is 4. The van der Waals surface area contributed by atoms with Crippen LogP contribution in [0.2, 0.25) is 5.02 Å². The van der Waals surface area contributed by atoms with Crippen molar-refractivity contribution in [2.24, 2.45) is 5.92 Å². The van der Waals surface area contributed by atoms with Crippen molar-refractivity contribution in [3.8, 4) is 11.1 Å². The van der Waals surface area contributed by atoms with Crippen LogP contribution in [0.4, 0.5) is 5.82 Å². The van der Waals surface area contributed by atoms with Crippen LogP contribution < -0.4 is 10.6 Å². The van der Waals surface area contributed by atoms with Crippen molar-refractivity contribution in [1.82, 2.24) is 15.3 Å². The highest BCUT2D eigenvalue weighted by atomic mass is 35.5. The Labute approximate surface area is 140 Å². The van der Waals surface area contributed by atoms with E-state index >= 15 is 0 Å². The number of nitrogens with zero attached hydrogens (tertiary/aromatic N) is 2. The molecule has 120 valence electrons. The Hall–Kier alpha value is -1.98. The number of nitrogens with one attached hydrogen (secondary N) is 2. The van der Waals surface area contributed by atoms with E-state index in [0.29, 0.717) is 17.4 Å². The third-order valence-corrected chi connectivity index (χ3v) is 4.40. The number of anilines is 1. The van der Waals surface area contributed by atoms with Gasteiger partial charge < -0.3 is 10.6 Å². The second-order valence-corrected chi connectivity index (χ2v) is 6.18. The highest BCUT2D eigenvalue weighted by Gasteiger charge is 2.21. The van der Waals surface area contributed by atoms with E-state index in [2.05, 4.69) is 20.6 Å². The summed E-state index contributed by atoms with van der Waals surface area (Å²) in [5.74, 6) is 0.508. The molecule has 0 bridgehead atoms. The van der Waals surface area contributed by atoms with Gasteiger partial charge in [0.15, 0.2) is 0 Å². The molecule has 0 aromatic carbocycles. The van der Waals surface area contributed by atoms with Crippen LogP contribution in [0.5, 0.6) is 0 Å². The SMILES string of the molecule is Cc1ccncc1-c1cc(NC(=O)[C@@H]2CCCNC2)ncc1Cl. The molecule has 0 radical (unpaired) electrons. The van der Waals surface area contributed by atoms with Gasteiger partial charge in [0.1, 0.15) is 5.82 Å². The van der Waals surface area contributed by atoms with E-state index in [1.165, 1.54) is 0 Å². The summed E-state index contributed by atoms with van der Waals surface area (Å²) in [5.41, 5.74) is 2.83. The summed E-state index contributed by atoms with van der Waals surface area (Å²) in [4.78, 5) is 20.7. The van der Waals surface area contributed by atoms with Crippen molar-refractivity contribution in [1.29, 1.82) is 0 Å². The van der Waals surface area contributed by atoms with E-state index in [0.717, 1.165) is 36.1 Å². The molecule has 1 atom stereocenters. The Morgan fingerprint density at radius 1 is 1.39 bits per heavy atom. The van der Waals surface area contributed by atoms with Crippen LogP contribution in [0.25, 0.3) is 11.1 Å². The summed E-state index contributed by atoms with van der Waals surface area (Å²) < 4.78 is 0. The molecular formula is C17H19ClN4O. The van der Waals surface area contributed by atoms with E-state index in [-0.39, 0.29) is 11.8 Å². The second kappa shape index (κ2) is 7.06. The minimum atomic E-state index is -0.00944. The summed E-state index contributed by atoms with van der Waals surface area (Å²) >= 11 is 6.27. The van der Waals surface area contributed by atoms with E-state index in [9.17, 15) is 4.79 Å². The van der Waals surface area contributed by atoms with Crippen LogP contribution in [-0.4, -0.2) is 29.0 Å². The maximum absolute atomic E-state index is 12.3. The molecule has 1 aliphatic rings. The van der Waals surface area contributed by atoms with Crippen LogP contribution in [-0.2, 0) is 4.79 Å². The first-order valence-corrected chi connectivity index (χ1v) is 8.11. The van der Waals surface area contributed by atoms with Gasteiger partial charge in [-0.1, -0.05) is 11.6 Å². The van der Waals surface area contributed by atoms with Crippen molar-refractivity contribution in [2.75, 3.05) is 18.4 Å². The largest absolute Gasteiger partial charge is 0.316 e. The topological polar surface area (TPSA) is 66.9 Å². The van der Waals surface area contributed by atoms with Gasteiger partial charge in [-0.3, -0.25) is 9.78 Å². The Morgan fingerprint density at radius 3 is 3.00 bits per heavy atom. The Balaban J connectivity index is 1.83. The van der Waals surface area contributed by atoms with Crippen molar-refractivity contribution in [3.05, 3.63) is 41.3 Å². The minimum absolute atomic E-state index is 0.000816. The molecule has 0 aliphatic carbocycles. The van der Waals surface area contributed by atoms with Crippen LogP contribution in [0.1, 0.15) is 18.4 Å². The Bertz CT molecular complexity index is 713. The molecule has 5 nitrogen and oxygen atoms in total. The third-order valence-electron chi connectivity index (χ3n) is 4.10. The molecule has 1 aliphatic heterocycles. The molecular weight excluding hydrogens is 312 g/mol. The zero-order valence-electron chi connectivity index (χ0n) is 13.0. The van der Waals surface area contributed by atoms with Crippen molar-refractivity contribution in [2.45, 2.75) is 19.8 Å². The fourth-order valence-electron chi connectivity index (χ4n) is 2.76. The van der Waals surface area contributed by atoms with Gasteiger partial charge in [-0.2, -0.15) is 0 Å². The average molecular weight is 331 g/mol. The summed E-state index contributed by atoms with van der Waals surface area (Å²) in [7, 11) is 0. The number of piperidine rings is 1. The second-order valence-electron chi connectivity index (χ2n) is 5.77. The standard InChI is InChI=1S/C17H19ClN4O/c1-11-4-6-20-9-14(11)13-7-16(21-10-15(13)18)22-17(23)12-3-2-5-19-8-12/h4,6-7,9-10,12,19H,2-3,5,8H2,1H3,(H,21,22,23)/t12-/m1/s1. The molecule has 6 heteroatoms. The maximum atomic E-state index is 12.3. The zero-order chi connectivity index (χ0) is 16.2. The molecule has 1 saturated heterocycles. The fourth-order valence-corrected chi connectivity index (χ4v) is 2.97. The molecule has 2 N–H and O–H groups in total. The highest BCUT2D eigenvalue weighted by molar-refractivity contribution is 6.33. The summed E-state index contributed by atoms with van der Waals surface area (Å²) in [6, 6.07) is 3.73. The predicted octanol–water partition coefficient (Wildman–Crippen LogP) is 3.04. The van der Waals surface area contributed by atoms with Crippen molar-refractivity contribution >= 4 is 23.3 Å². The zero-order valence-corrected chi connectivity index (χ0v) is 13.7. The number of aryl methyl sites for hydroxylation is 1. The molecule has 0 saturated carbocycles. The van der Waals surface area contributed by atoms with E-state index < -0.39 is 0 Å². The molecule has 3 rings (SSSR count). The molecule has 0 unspecified atom stereocenters. The Morgan fingerprint density at radius 2 is 2.26 bits per heavy atom. The van der Waals surface area contributed by atoms with Crippen LogP contribution in [0.3, 0.4) is 0 Å². The monoisotopic (exact) mass is 330 g/mol. The van der Waals surface area contributed by atoms with E-state index in [1.54, 1.807) is 24.7 Å². The average Bonchev–Trinajstić information content (AvgIpc) is 2.58. The quantitative estimate of drug-likeness (QED) is 0.907. The number of carbonyl (C=O) groups excluding carboxylic acids is 1. The lowest BCUT2D eigenvalue weighted by atomic mass is 9.99. The molecule has 1 amide bonds. The van der Waals surface area contributed by atoms with Gasteiger partial charge in [0, 0.05) is 36.3 Å². The maximum Gasteiger partial charge on any atom is 0.229 e. The lowest BCUT2D eigenvalue weighted by molar-refractivity contribution is -0.120. The number of pyridine rings is 2. The molecule has 2 aromatic rings. The first-order valence-electron chi connectivity index (χ1n) is 7.73. The van der Waals surface area contributed by atoms with E-state index in [1.807, 2.05) is 13.0 Å². The van der Waals surface area contributed by atoms with Crippen LogP contribution in [0, 0.1) is 12.8 Å². The number of carbonyl (C=O) groups is 1. The van der Waals surface area contributed by atoms with E-state index in [4.69, 9.17) is 11.6 Å². The molecule has 1 fully saturated rings. The molecule has 3 heterocycles. The summed E-state index contributed by atoms with van der Waals surface area (Å²) in [6.45, 7) is 3.70. The van der Waals surface area contributed by atoms with Gasteiger partial charge in [-0.15, -0.1) is 0 Å². The summed E-state index contributed by atoms with van der Waals surface area (Å²) in [6.07, 6.45) is 7.01. The first-order chi connectivity index (χ1) is 11.1.